The molecule has 5 nitrogen and oxygen atoms in total. The first kappa shape index (κ1) is 20.2. The summed E-state index contributed by atoms with van der Waals surface area (Å²) in [6.07, 6.45) is 5.02. The van der Waals surface area contributed by atoms with Gasteiger partial charge in [0.05, 0.1) is 11.6 Å². The summed E-state index contributed by atoms with van der Waals surface area (Å²) in [5, 5.41) is 9.02. The molecule has 0 atom stereocenters. The fraction of sp³-hybridized carbons (Fsp3) is 0.400. The number of rotatable bonds is 4. The van der Waals surface area contributed by atoms with E-state index in [2.05, 4.69) is 6.07 Å². The lowest BCUT2D eigenvalue weighted by atomic mass is 9.84. The molecule has 154 valence electrons. The van der Waals surface area contributed by atoms with Gasteiger partial charge in [0.1, 0.15) is 0 Å². The van der Waals surface area contributed by atoms with Crippen molar-refractivity contribution in [3.8, 4) is 6.07 Å². The highest BCUT2D eigenvalue weighted by Crippen LogP contribution is 2.34. The highest BCUT2D eigenvalue weighted by molar-refractivity contribution is 5.95. The second kappa shape index (κ2) is 8.71. The van der Waals surface area contributed by atoms with Crippen molar-refractivity contribution in [1.82, 2.24) is 9.80 Å². The van der Waals surface area contributed by atoms with Gasteiger partial charge < -0.3 is 9.80 Å². The molecule has 2 aromatic rings. The molecule has 5 heteroatoms. The summed E-state index contributed by atoms with van der Waals surface area (Å²) < 4.78 is 0. The van der Waals surface area contributed by atoms with Gasteiger partial charge in [0.15, 0.2) is 0 Å². The Kier molecular flexibility index (Phi) is 5.85. The van der Waals surface area contributed by atoms with Crippen molar-refractivity contribution in [3.63, 3.8) is 0 Å². The van der Waals surface area contributed by atoms with Gasteiger partial charge in [-0.05, 0) is 73.4 Å². The van der Waals surface area contributed by atoms with Crippen LogP contribution < -0.4 is 0 Å². The van der Waals surface area contributed by atoms with Crippen LogP contribution in [0.25, 0.3) is 0 Å². The van der Waals surface area contributed by atoms with E-state index in [1.54, 1.807) is 36.2 Å². The van der Waals surface area contributed by atoms with Crippen LogP contribution in [0.5, 0.6) is 0 Å². The second-order valence-electron chi connectivity index (χ2n) is 8.65. The monoisotopic (exact) mass is 401 g/mol. The number of carbonyl (C=O) groups excluding carboxylic acids is 2. The number of hydrogen-bond acceptors (Lipinski definition) is 3. The molecule has 0 spiro atoms. The van der Waals surface area contributed by atoms with Gasteiger partial charge in [0.2, 0.25) is 0 Å². The third-order valence-electron chi connectivity index (χ3n) is 6.42. The minimum absolute atomic E-state index is 0.123. The van der Waals surface area contributed by atoms with E-state index in [-0.39, 0.29) is 11.8 Å². The van der Waals surface area contributed by atoms with E-state index >= 15 is 0 Å². The topological polar surface area (TPSA) is 64.4 Å². The van der Waals surface area contributed by atoms with Gasteiger partial charge in [-0.25, -0.2) is 0 Å². The number of benzene rings is 2. The molecule has 3 fully saturated rings. The normalized spacial score (nSPS) is 20.3. The molecule has 1 aliphatic carbocycles. The lowest BCUT2D eigenvalue weighted by Gasteiger charge is -2.23. The largest absolute Gasteiger partial charge is 0.338 e. The van der Waals surface area contributed by atoms with E-state index < -0.39 is 0 Å². The van der Waals surface area contributed by atoms with Crippen LogP contribution in [0.3, 0.4) is 0 Å². The minimum Gasteiger partial charge on any atom is -0.338 e. The summed E-state index contributed by atoms with van der Waals surface area (Å²) in [6.45, 7) is 2.21. The number of amides is 2. The molecule has 0 N–H and O–H groups in total. The van der Waals surface area contributed by atoms with Gasteiger partial charge in [-0.3, -0.25) is 9.59 Å². The molecule has 2 saturated heterocycles. The Hall–Kier alpha value is -3.13. The first-order valence-corrected chi connectivity index (χ1v) is 10.7. The zero-order valence-corrected chi connectivity index (χ0v) is 17.4. The molecule has 2 aromatic carbocycles. The van der Waals surface area contributed by atoms with E-state index in [1.165, 1.54) is 25.7 Å². The first-order valence-electron chi connectivity index (χ1n) is 10.7. The van der Waals surface area contributed by atoms with Crippen molar-refractivity contribution < 1.29 is 9.59 Å². The van der Waals surface area contributed by atoms with Gasteiger partial charge >= 0.3 is 0 Å². The summed E-state index contributed by atoms with van der Waals surface area (Å²) >= 11 is 0. The third-order valence-corrected chi connectivity index (χ3v) is 6.42. The lowest BCUT2D eigenvalue weighted by molar-refractivity contribution is 0.0737. The summed E-state index contributed by atoms with van der Waals surface area (Å²) in [5.74, 6) is 1.31. The molecular formula is C25H27N3O2. The molecule has 5 rings (SSSR count). The Morgan fingerprint density at radius 1 is 1.00 bits per heavy atom. The van der Waals surface area contributed by atoms with Crippen LogP contribution >= 0.6 is 0 Å². The molecule has 2 amide bonds. The van der Waals surface area contributed by atoms with Gasteiger partial charge in [-0.1, -0.05) is 18.2 Å². The lowest BCUT2D eigenvalue weighted by Crippen LogP contribution is -2.34. The Morgan fingerprint density at radius 3 is 2.23 bits per heavy atom. The standard InChI is InChI=1S/C25H27N3O2/c1-27(24(29)23-4-2-3-21(13-23)14-26)15-18-9-11-22(12-10-18)25(30)28-16-19-5-6-20(17-28)8-7-19/h2-4,9-13,19-20H,5-8,15-17H2,1H3. The molecule has 0 aromatic heterocycles. The molecule has 0 radical (unpaired) electrons. The quantitative estimate of drug-likeness (QED) is 0.775. The van der Waals surface area contributed by atoms with Gasteiger partial charge in [0.25, 0.3) is 11.8 Å². The number of hydrogen-bond donors (Lipinski definition) is 0. The Labute approximate surface area is 177 Å². The summed E-state index contributed by atoms with van der Waals surface area (Å²) in [6, 6.07) is 16.4. The molecule has 2 bridgehead atoms. The maximum Gasteiger partial charge on any atom is 0.253 e. The van der Waals surface area contributed by atoms with E-state index in [0.29, 0.717) is 29.5 Å². The SMILES string of the molecule is CN(Cc1ccc(C(=O)N2CC3CCC(CC3)C2)cc1)C(=O)c1cccc(C#N)c1. The highest BCUT2D eigenvalue weighted by Gasteiger charge is 2.31. The molecule has 0 unspecified atom stereocenters. The Morgan fingerprint density at radius 2 is 1.63 bits per heavy atom. The third kappa shape index (κ3) is 4.38. The van der Waals surface area contributed by atoms with Crippen LogP contribution in [0.1, 0.15) is 57.5 Å². The zero-order chi connectivity index (χ0) is 21.1. The predicted molar refractivity (Wildman–Crippen MR) is 115 cm³/mol. The average Bonchev–Trinajstić information content (AvgIpc) is 3.12. The molecular weight excluding hydrogens is 374 g/mol. The van der Waals surface area contributed by atoms with Crippen molar-refractivity contribution >= 4 is 11.8 Å². The van der Waals surface area contributed by atoms with Crippen LogP contribution in [0.2, 0.25) is 0 Å². The van der Waals surface area contributed by atoms with Crippen LogP contribution in [0.4, 0.5) is 0 Å². The maximum atomic E-state index is 13.0. The van der Waals surface area contributed by atoms with Crippen molar-refractivity contribution in [1.29, 1.82) is 5.26 Å². The van der Waals surface area contributed by atoms with Crippen molar-refractivity contribution in [2.24, 2.45) is 11.8 Å². The predicted octanol–water partition coefficient (Wildman–Crippen LogP) is 4.09. The van der Waals surface area contributed by atoms with Crippen LogP contribution in [0, 0.1) is 23.2 Å². The average molecular weight is 402 g/mol. The fourth-order valence-corrected chi connectivity index (χ4v) is 4.68. The number of nitrogens with zero attached hydrogens (tertiary/aromatic N) is 3. The van der Waals surface area contributed by atoms with E-state index in [1.807, 2.05) is 29.2 Å². The van der Waals surface area contributed by atoms with Crippen LogP contribution in [-0.4, -0.2) is 41.8 Å². The second-order valence-corrected chi connectivity index (χ2v) is 8.65. The minimum atomic E-state index is -0.132. The summed E-state index contributed by atoms with van der Waals surface area (Å²) in [4.78, 5) is 29.3. The van der Waals surface area contributed by atoms with Crippen molar-refractivity contribution in [3.05, 3.63) is 70.8 Å². The van der Waals surface area contributed by atoms with Gasteiger partial charge in [-0.2, -0.15) is 5.26 Å². The Balaban J connectivity index is 1.40. The maximum absolute atomic E-state index is 13.0. The number of nitriles is 1. The van der Waals surface area contributed by atoms with Gasteiger partial charge in [-0.15, -0.1) is 0 Å². The molecule has 2 heterocycles. The smallest absolute Gasteiger partial charge is 0.253 e. The molecule has 3 aliphatic rings. The van der Waals surface area contributed by atoms with E-state index in [0.717, 1.165) is 24.2 Å². The zero-order valence-electron chi connectivity index (χ0n) is 17.4. The molecule has 1 saturated carbocycles. The number of fused-ring (bicyclic) bond motifs is 4. The van der Waals surface area contributed by atoms with Gasteiger partial charge in [0, 0.05) is 37.8 Å². The molecule has 2 aliphatic heterocycles. The van der Waals surface area contributed by atoms with Crippen molar-refractivity contribution in [2.45, 2.75) is 32.2 Å². The first-order chi connectivity index (χ1) is 14.5. The van der Waals surface area contributed by atoms with Crippen molar-refractivity contribution in [2.75, 3.05) is 20.1 Å². The van der Waals surface area contributed by atoms with Crippen LogP contribution in [-0.2, 0) is 6.54 Å². The highest BCUT2D eigenvalue weighted by atomic mass is 16.2. The van der Waals surface area contributed by atoms with E-state index in [9.17, 15) is 9.59 Å². The number of carbonyl (C=O) groups is 2. The van der Waals surface area contributed by atoms with E-state index in [4.69, 9.17) is 5.26 Å². The van der Waals surface area contributed by atoms with Crippen LogP contribution in [0.15, 0.2) is 48.5 Å². The Bertz CT molecular complexity index is 955. The summed E-state index contributed by atoms with van der Waals surface area (Å²) in [7, 11) is 1.74. The summed E-state index contributed by atoms with van der Waals surface area (Å²) in [5.41, 5.74) is 2.66. The molecule has 30 heavy (non-hydrogen) atoms. The fourth-order valence-electron chi connectivity index (χ4n) is 4.68.